The van der Waals surface area contributed by atoms with E-state index in [4.69, 9.17) is 9.47 Å². The van der Waals surface area contributed by atoms with Gasteiger partial charge in [0, 0.05) is 45.3 Å². The van der Waals surface area contributed by atoms with Crippen LogP contribution in [0.15, 0.2) is 24.3 Å². The number of amides is 1. The molecule has 0 aliphatic carbocycles. The average molecular weight is 318 g/mol. The maximum absolute atomic E-state index is 12.3. The summed E-state index contributed by atoms with van der Waals surface area (Å²) in [5.74, 6) is 0.268. The lowest BCUT2D eigenvalue weighted by Gasteiger charge is -2.27. The predicted octanol–water partition coefficient (Wildman–Crippen LogP) is 1.56. The lowest BCUT2D eigenvalue weighted by atomic mass is 9.99. The number of nitrogens with one attached hydrogen (secondary N) is 1. The number of hydrogen-bond acceptors (Lipinski definition) is 4. The SMILES string of the molecule is O=C(NCc1ccccc1CN1CCOCC1)C1CCOCC1. The minimum absolute atomic E-state index is 0.107. The first-order chi connectivity index (χ1) is 11.3. The zero-order valence-electron chi connectivity index (χ0n) is 13.6. The Morgan fingerprint density at radius 2 is 1.70 bits per heavy atom. The molecule has 0 aromatic heterocycles. The Bertz CT molecular complexity index is 509. The summed E-state index contributed by atoms with van der Waals surface area (Å²) in [5.41, 5.74) is 2.50. The fourth-order valence-electron chi connectivity index (χ4n) is 3.17. The van der Waals surface area contributed by atoms with E-state index in [1.165, 1.54) is 11.1 Å². The van der Waals surface area contributed by atoms with Crippen molar-refractivity contribution in [3.8, 4) is 0 Å². The van der Waals surface area contributed by atoms with E-state index in [1.54, 1.807) is 0 Å². The first-order valence-electron chi connectivity index (χ1n) is 8.55. The molecule has 2 fully saturated rings. The summed E-state index contributed by atoms with van der Waals surface area (Å²) in [4.78, 5) is 14.7. The molecule has 0 atom stereocenters. The van der Waals surface area contributed by atoms with E-state index in [2.05, 4.69) is 28.4 Å². The van der Waals surface area contributed by atoms with E-state index in [1.807, 2.05) is 6.07 Å². The van der Waals surface area contributed by atoms with Crippen molar-refractivity contribution >= 4 is 5.91 Å². The predicted molar refractivity (Wildman–Crippen MR) is 87.9 cm³/mol. The molecule has 1 aromatic rings. The number of rotatable bonds is 5. The van der Waals surface area contributed by atoms with Gasteiger partial charge < -0.3 is 14.8 Å². The highest BCUT2D eigenvalue weighted by atomic mass is 16.5. The summed E-state index contributed by atoms with van der Waals surface area (Å²) in [5, 5.41) is 3.11. The van der Waals surface area contributed by atoms with Crippen molar-refractivity contribution < 1.29 is 14.3 Å². The van der Waals surface area contributed by atoms with Gasteiger partial charge in [0.05, 0.1) is 13.2 Å². The topological polar surface area (TPSA) is 50.8 Å². The first kappa shape index (κ1) is 16.4. The molecule has 5 nitrogen and oxygen atoms in total. The van der Waals surface area contributed by atoms with Crippen molar-refractivity contribution in [1.82, 2.24) is 10.2 Å². The molecule has 5 heteroatoms. The van der Waals surface area contributed by atoms with Gasteiger partial charge in [-0.2, -0.15) is 0 Å². The van der Waals surface area contributed by atoms with Gasteiger partial charge in [0.1, 0.15) is 0 Å². The maximum Gasteiger partial charge on any atom is 0.223 e. The summed E-state index contributed by atoms with van der Waals surface area (Å²) in [6.07, 6.45) is 1.67. The Morgan fingerprint density at radius 1 is 1.04 bits per heavy atom. The van der Waals surface area contributed by atoms with Crippen molar-refractivity contribution in [2.75, 3.05) is 39.5 Å². The van der Waals surface area contributed by atoms with Crippen molar-refractivity contribution in [3.63, 3.8) is 0 Å². The second-order valence-corrected chi connectivity index (χ2v) is 6.26. The van der Waals surface area contributed by atoms with Gasteiger partial charge in [-0.1, -0.05) is 24.3 Å². The van der Waals surface area contributed by atoms with Crippen molar-refractivity contribution in [2.24, 2.45) is 5.92 Å². The van der Waals surface area contributed by atoms with Crippen LogP contribution in [0.2, 0.25) is 0 Å². The highest BCUT2D eigenvalue weighted by Gasteiger charge is 2.21. The maximum atomic E-state index is 12.3. The van der Waals surface area contributed by atoms with Crippen LogP contribution in [0.3, 0.4) is 0 Å². The van der Waals surface area contributed by atoms with Gasteiger partial charge in [-0.15, -0.1) is 0 Å². The number of nitrogens with zero attached hydrogens (tertiary/aromatic N) is 1. The number of carbonyl (C=O) groups is 1. The van der Waals surface area contributed by atoms with Gasteiger partial charge in [0.15, 0.2) is 0 Å². The second-order valence-electron chi connectivity index (χ2n) is 6.26. The fraction of sp³-hybridized carbons (Fsp3) is 0.611. The van der Waals surface area contributed by atoms with Crippen LogP contribution >= 0.6 is 0 Å². The molecule has 0 spiro atoms. The summed E-state index contributed by atoms with van der Waals surface area (Å²) >= 11 is 0. The molecule has 1 N–H and O–H groups in total. The molecule has 2 saturated heterocycles. The van der Waals surface area contributed by atoms with E-state index in [-0.39, 0.29) is 11.8 Å². The van der Waals surface area contributed by atoms with E-state index in [9.17, 15) is 4.79 Å². The molecular formula is C18H26N2O3. The summed E-state index contributed by atoms with van der Waals surface area (Å²) in [7, 11) is 0. The third kappa shape index (κ3) is 4.77. The van der Waals surface area contributed by atoms with Crippen LogP contribution in [0.4, 0.5) is 0 Å². The Hall–Kier alpha value is -1.43. The lowest BCUT2D eigenvalue weighted by Crippen LogP contribution is -2.36. The Labute approximate surface area is 137 Å². The van der Waals surface area contributed by atoms with Gasteiger partial charge in [-0.25, -0.2) is 0 Å². The average Bonchev–Trinajstić information content (AvgIpc) is 2.62. The van der Waals surface area contributed by atoms with Gasteiger partial charge >= 0.3 is 0 Å². The van der Waals surface area contributed by atoms with Crippen LogP contribution in [0.1, 0.15) is 24.0 Å². The molecule has 1 aromatic carbocycles. The number of carbonyl (C=O) groups excluding carboxylic acids is 1. The summed E-state index contributed by atoms with van der Waals surface area (Å²) in [6.45, 7) is 6.50. The van der Waals surface area contributed by atoms with Crippen molar-refractivity contribution in [1.29, 1.82) is 0 Å². The molecule has 126 valence electrons. The molecule has 1 amide bonds. The molecule has 2 aliphatic rings. The minimum Gasteiger partial charge on any atom is -0.381 e. The van der Waals surface area contributed by atoms with Crippen LogP contribution in [-0.2, 0) is 27.4 Å². The zero-order chi connectivity index (χ0) is 15.9. The standard InChI is InChI=1S/C18H26N2O3/c21-18(15-5-9-22-10-6-15)19-13-16-3-1-2-4-17(16)14-20-7-11-23-12-8-20/h1-4,15H,5-14H2,(H,19,21). The molecule has 0 unspecified atom stereocenters. The fourth-order valence-corrected chi connectivity index (χ4v) is 3.17. The number of hydrogen-bond donors (Lipinski definition) is 1. The quantitative estimate of drug-likeness (QED) is 0.895. The minimum atomic E-state index is 0.107. The molecule has 2 heterocycles. The van der Waals surface area contributed by atoms with Gasteiger partial charge in [-0.3, -0.25) is 9.69 Å². The molecule has 2 aliphatic heterocycles. The van der Waals surface area contributed by atoms with Crippen molar-refractivity contribution in [2.45, 2.75) is 25.9 Å². The van der Waals surface area contributed by atoms with Crippen LogP contribution < -0.4 is 5.32 Å². The number of ether oxygens (including phenoxy) is 2. The first-order valence-corrected chi connectivity index (χ1v) is 8.55. The Morgan fingerprint density at radius 3 is 2.43 bits per heavy atom. The number of morpholine rings is 1. The molecule has 0 radical (unpaired) electrons. The van der Waals surface area contributed by atoms with Crippen LogP contribution in [-0.4, -0.2) is 50.3 Å². The largest absolute Gasteiger partial charge is 0.381 e. The Kier molecular flexibility index (Phi) is 6.02. The van der Waals surface area contributed by atoms with Crippen molar-refractivity contribution in [3.05, 3.63) is 35.4 Å². The van der Waals surface area contributed by atoms with E-state index < -0.39 is 0 Å². The van der Waals surface area contributed by atoms with Gasteiger partial charge in [0.2, 0.25) is 5.91 Å². The van der Waals surface area contributed by atoms with Gasteiger partial charge in [0.25, 0.3) is 0 Å². The lowest BCUT2D eigenvalue weighted by molar-refractivity contribution is -0.128. The molecular weight excluding hydrogens is 292 g/mol. The molecule has 23 heavy (non-hydrogen) atoms. The zero-order valence-corrected chi connectivity index (χ0v) is 13.6. The smallest absolute Gasteiger partial charge is 0.223 e. The monoisotopic (exact) mass is 318 g/mol. The van der Waals surface area contributed by atoms with Crippen LogP contribution in [0.5, 0.6) is 0 Å². The second kappa shape index (κ2) is 8.43. The normalized spacial score (nSPS) is 20.3. The third-order valence-electron chi connectivity index (χ3n) is 4.66. The third-order valence-corrected chi connectivity index (χ3v) is 4.66. The Balaban J connectivity index is 1.55. The van der Waals surface area contributed by atoms with Crippen LogP contribution in [0.25, 0.3) is 0 Å². The van der Waals surface area contributed by atoms with E-state index >= 15 is 0 Å². The highest BCUT2D eigenvalue weighted by molar-refractivity contribution is 5.78. The van der Waals surface area contributed by atoms with Gasteiger partial charge in [-0.05, 0) is 24.0 Å². The summed E-state index contributed by atoms with van der Waals surface area (Å²) in [6, 6.07) is 8.38. The number of benzene rings is 1. The van der Waals surface area contributed by atoms with E-state index in [0.717, 1.165) is 45.7 Å². The highest BCUT2D eigenvalue weighted by Crippen LogP contribution is 2.16. The molecule has 0 saturated carbocycles. The van der Waals surface area contributed by atoms with Crippen LogP contribution in [0, 0.1) is 5.92 Å². The molecule has 3 rings (SSSR count). The summed E-state index contributed by atoms with van der Waals surface area (Å²) < 4.78 is 10.7. The van der Waals surface area contributed by atoms with E-state index in [0.29, 0.717) is 19.8 Å². The molecule has 0 bridgehead atoms.